The van der Waals surface area contributed by atoms with Crippen LogP contribution in [0, 0.1) is 29.1 Å². The Morgan fingerprint density at radius 1 is 1.10 bits per heavy atom. The number of aliphatic hydroxyl groups excluding tert-OH is 1. The molecular formula is C32H41NO7. The quantitative estimate of drug-likeness (QED) is 0.388. The van der Waals surface area contributed by atoms with Crippen molar-refractivity contribution in [2.45, 2.75) is 77.4 Å². The monoisotopic (exact) mass is 551 g/mol. The second-order valence-corrected chi connectivity index (χ2v) is 11.8. The van der Waals surface area contributed by atoms with Crippen LogP contribution in [-0.2, 0) is 30.3 Å². The van der Waals surface area contributed by atoms with Gasteiger partial charge in [-0.2, -0.15) is 0 Å². The Morgan fingerprint density at radius 2 is 1.75 bits per heavy atom. The first kappa shape index (κ1) is 29.7. The van der Waals surface area contributed by atoms with Gasteiger partial charge in [-0.25, -0.2) is 0 Å². The van der Waals surface area contributed by atoms with Crippen LogP contribution in [0.15, 0.2) is 66.8 Å². The van der Waals surface area contributed by atoms with Crippen molar-refractivity contribution >= 4 is 17.8 Å². The molecule has 0 unspecified atom stereocenters. The topological polar surface area (TPSA) is 122 Å². The Morgan fingerprint density at radius 3 is 2.38 bits per heavy atom. The van der Waals surface area contributed by atoms with Crippen LogP contribution in [0.2, 0.25) is 0 Å². The minimum Gasteiger partial charge on any atom is -0.457 e. The number of aliphatic hydroxyl groups is 2. The Hall–Kier alpha value is -3.23. The fraction of sp³-hybridized carbons (Fsp3) is 0.531. The Bertz CT molecular complexity index is 1200. The van der Waals surface area contributed by atoms with Crippen molar-refractivity contribution < 1.29 is 34.1 Å². The predicted molar refractivity (Wildman–Crippen MR) is 150 cm³/mol. The van der Waals surface area contributed by atoms with Gasteiger partial charge in [0, 0.05) is 31.7 Å². The number of benzene rings is 1. The van der Waals surface area contributed by atoms with Gasteiger partial charge in [-0.3, -0.25) is 14.4 Å². The second-order valence-electron chi connectivity index (χ2n) is 11.8. The van der Waals surface area contributed by atoms with Crippen molar-refractivity contribution in [1.82, 2.24) is 5.32 Å². The highest BCUT2D eigenvalue weighted by Gasteiger charge is 2.69. The highest BCUT2D eigenvalue weighted by Crippen LogP contribution is 2.59. The zero-order valence-corrected chi connectivity index (χ0v) is 23.9. The lowest BCUT2D eigenvalue weighted by molar-refractivity contribution is -0.173. The maximum absolute atomic E-state index is 14.4. The molecule has 10 atom stereocenters. The number of hydrogen-bond donors (Lipinski definition) is 3. The molecule has 3 N–H and O–H groups in total. The van der Waals surface area contributed by atoms with Gasteiger partial charge >= 0.3 is 11.9 Å². The predicted octanol–water partition coefficient (Wildman–Crippen LogP) is 3.28. The highest BCUT2D eigenvalue weighted by molar-refractivity contribution is 5.89. The first-order valence-corrected chi connectivity index (χ1v) is 13.9. The molecule has 1 aromatic carbocycles. The van der Waals surface area contributed by atoms with Crippen LogP contribution < -0.4 is 5.32 Å². The summed E-state index contributed by atoms with van der Waals surface area (Å²) >= 11 is 0. The summed E-state index contributed by atoms with van der Waals surface area (Å²) in [6.45, 7) is 12.2. The molecular weight excluding hydrogens is 510 g/mol. The van der Waals surface area contributed by atoms with E-state index in [-0.39, 0.29) is 23.8 Å². The first-order valence-electron chi connectivity index (χ1n) is 13.9. The van der Waals surface area contributed by atoms with Crippen LogP contribution in [0.4, 0.5) is 0 Å². The van der Waals surface area contributed by atoms with E-state index in [2.05, 4.69) is 11.9 Å². The number of hydrogen-bond acceptors (Lipinski definition) is 7. The molecule has 3 aliphatic rings. The van der Waals surface area contributed by atoms with E-state index in [1.807, 2.05) is 56.3 Å². The number of carbonyl (C=O) groups excluding carboxylic acids is 3. The molecule has 1 heterocycles. The van der Waals surface area contributed by atoms with Gasteiger partial charge < -0.3 is 25.0 Å². The molecule has 4 rings (SSSR count). The number of esters is 2. The van der Waals surface area contributed by atoms with Crippen molar-refractivity contribution in [2.75, 3.05) is 0 Å². The summed E-state index contributed by atoms with van der Waals surface area (Å²) in [7, 11) is 0. The third-order valence-corrected chi connectivity index (χ3v) is 9.01. The summed E-state index contributed by atoms with van der Waals surface area (Å²) in [5.41, 5.74) is -1.34. The molecule has 8 heteroatoms. The van der Waals surface area contributed by atoms with Crippen molar-refractivity contribution in [3.63, 3.8) is 0 Å². The van der Waals surface area contributed by atoms with Crippen LogP contribution in [0.25, 0.3) is 0 Å². The zero-order valence-electron chi connectivity index (χ0n) is 23.9. The fourth-order valence-electron chi connectivity index (χ4n) is 7.12. The first-order chi connectivity index (χ1) is 18.8. The number of nitrogens with one attached hydrogen (secondary N) is 1. The second kappa shape index (κ2) is 11.3. The van der Waals surface area contributed by atoms with Gasteiger partial charge in [-0.1, -0.05) is 69.0 Å². The maximum Gasteiger partial charge on any atom is 0.303 e. The smallest absolute Gasteiger partial charge is 0.303 e. The van der Waals surface area contributed by atoms with Gasteiger partial charge in [0.05, 0.1) is 6.10 Å². The Labute approximate surface area is 236 Å². The molecule has 0 aromatic heterocycles. The van der Waals surface area contributed by atoms with Gasteiger partial charge in [-0.15, -0.1) is 0 Å². The number of carbonyl (C=O) groups is 3. The van der Waals surface area contributed by atoms with E-state index < -0.39 is 53.1 Å². The number of rotatable bonds is 4. The van der Waals surface area contributed by atoms with Crippen LogP contribution in [0.3, 0.4) is 0 Å². The third kappa shape index (κ3) is 5.27. The van der Waals surface area contributed by atoms with Crippen molar-refractivity contribution in [2.24, 2.45) is 29.1 Å². The third-order valence-electron chi connectivity index (χ3n) is 9.01. The average Bonchev–Trinajstić information content (AvgIpc) is 3.17. The molecule has 0 bridgehead atoms. The van der Waals surface area contributed by atoms with Crippen molar-refractivity contribution in [3.8, 4) is 0 Å². The van der Waals surface area contributed by atoms with Gasteiger partial charge in [-0.05, 0) is 48.8 Å². The summed E-state index contributed by atoms with van der Waals surface area (Å²) in [6, 6.07) is 9.48. The maximum atomic E-state index is 14.4. The SMILES string of the molecule is C=C1[C@@H](C)[C@H]2[C@H](Cc3ccccc3)NC(=O)[C@]23[C@H](OC(C)=O)/C=C/[C@@](C)(O)[C@@H](O)[C@@H](C)C/C=C/[C@H]3[C@@H]1OC(C)=O. The van der Waals surface area contributed by atoms with E-state index in [1.165, 1.54) is 32.9 Å². The fourth-order valence-corrected chi connectivity index (χ4v) is 7.12. The van der Waals surface area contributed by atoms with Gasteiger partial charge in [0.25, 0.3) is 0 Å². The summed E-state index contributed by atoms with van der Waals surface area (Å²) in [6.07, 6.45) is 4.45. The largest absolute Gasteiger partial charge is 0.457 e. The summed E-state index contributed by atoms with van der Waals surface area (Å²) in [5, 5.41) is 25.4. The normalized spacial score (nSPS) is 41.0. The summed E-state index contributed by atoms with van der Waals surface area (Å²) in [4.78, 5) is 39.3. The van der Waals surface area contributed by atoms with Crippen molar-refractivity contribution in [3.05, 3.63) is 72.4 Å². The molecule has 2 fully saturated rings. The number of amides is 1. The Kier molecular flexibility index (Phi) is 8.43. The van der Waals surface area contributed by atoms with Gasteiger partial charge in [0.15, 0.2) is 0 Å². The average molecular weight is 552 g/mol. The van der Waals surface area contributed by atoms with E-state index in [1.54, 1.807) is 0 Å². The summed E-state index contributed by atoms with van der Waals surface area (Å²) < 4.78 is 11.8. The lowest BCUT2D eigenvalue weighted by Crippen LogP contribution is -2.61. The van der Waals surface area contributed by atoms with Crippen molar-refractivity contribution in [1.29, 1.82) is 0 Å². The van der Waals surface area contributed by atoms with Crippen LogP contribution in [0.5, 0.6) is 0 Å². The van der Waals surface area contributed by atoms with E-state index in [0.29, 0.717) is 18.4 Å². The van der Waals surface area contributed by atoms with E-state index in [9.17, 15) is 24.6 Å². The molecule has 40 heavy (non-hydrogen) atoms. The van der Waals surface area contributed by atoms with E-state index >= 15 is 0 Å². The molecule has 1 aromatic rings. The summed E-state index contributed by atoms with van der Waals surface area (Å²) in [5.74, 6) is -3.22. The van der Waals surface area contributed by atoms with Crippen LogP contribution in [0.1, 0.15) is 46.6 Å². The lowest BCUT2D eigenvalue weighted by atomic mass is 9.51. The lowest BCUT2D eigenvalue weighted by Gasteiger charge is -2.53. The van der Waals surface area contributed by atoms with Crippen LogP contribution >= 0.6 is 0 Å². The highest BCUT2D eigenvalue weighted by atomic mass is 16.6. The minimum atomic E-state index is -1.66. The minimum absolute atomic E-state index is 0.303. The molecule has 1 spiro atoms. The molecule has 1 saturated carbocycles. The van der Waals surface area contributed by atoms with Crippen LogP contribution in [-0.4, -0.2) is 58.0 Å². The number of allylic oxidation sites excluding steroid dienone is 1. The molecule has 216 valence electrons. The standard InChI is InChI=1S/C32H41NO7/c1-18-11-10-14-24-28(40-22(5)35)20(3)19(2)27-25(17-23-12-8-7-9-13-23)33-30(37)32(24,27)26(39-21(4)34)15-16-31(6,38)29(18)36/h7-10,12-16,18-19,24-29,36,38H,3,11,17H2,1-2,4-6H3,(H,33,37)/b14-10+,16-15+/t18-,19+,24-,25-,26+,27-,28+,29-,31+,32+/m0/s1. The van der Waals surface area contributed by atoms with Gasteiger partial charge in [0.2, 0.25) is 5.91 Å². The molecule has 0 radical (unpaired) electrons. The molecule has 1 amide bonds. The number of ether oxygens (including phenoxy) is 2. The van der Waals surface area contributed by atoms with E-state index in [0.717, 1.165) is 5.56 Å². The Balaban J connectivity index is 1.98. The molecule has 8 nitrogen and oxygen atoms in total. The molecule has 2 aliphatic carbocycles. The molecule has 1 saturated heterocycles. The van der Waals surface area contributed by atoms with Gasteiger partial charge in [0.1, 0.15) is 23.2 Å². The van der Waals surface area contributed by atoms with E-state index in [4.69, 9.17) is 9.47 Å². The molecule has 1 aliphatic heterocycles. The zero-order chi connectivity index (χ0) is 29.4.